The number of nitrogens with zero attached hydrogens (tertiary/aromatic N) is 3. The first-order valence-electron chi connectivity index (χ1n) is 12.3. The molecular weight excluding hydrogens is 426 g/mol. The number of hydrogen-bond donors (Lipinski definition) is 3. The van der Waals surface area contributed by atoms with Crippen molar-refractivity contribution in [2.75, 3.05) is 7.05 Å². The Kier molecular flexibility index (Phi) is 6.74. The number of rotatable bonds is 7. The summed E-state index contributed by atoms with van der Waals surface area (Å²) >= 11 is 0. The molecule has 7 nitrogen and oxygen atoms in total. The number of aliphatic hydroxyl groups is 1. The highest BCUT2D eigenvalue weighted by Crippen LogP contribution is 2.27. The number of fused-ring (bicyclic) bond motifs is 1. The maximum absolute atomic E-state index is 13.0. The van der Waals surface area contributed by atoms with Gasteiger partial charge in [-0.05, 0) is 74.3 Å². The Morgan fingerprint density at radius 3 is 2.79 bits per heavy atom. The summed E-state index contributed by atoms with van der Waals surface area (Å²) in [5.74, 6) is 0.0118. The number of hydrogen-bond acceptors (Lipinski definition) is 5. The number of aromatic amines is 1. The van der Waals surface area contributed by atoms with E-state index in [4.69, 9.17) is 0 Å². The standard InChI is InChI=1S/C27H33N5O2/c1-32(17-25-22-6-2-3-7-23(22)30-31-25)27(34)19-10-8-18(9-11-19)15-21-12-13-24(29-21)26(33)20-5-4-14-28-16-20/h4-5,8-11,14,16,21,24,26,29,33H,2-3,6-7,12-13,15,17H2,1H3,(H,30,31)/t21-,24+,26?/m0/s1. The van der Waals surface area contributed by atoms with Crippen LogP contribution in [0.2, 0.25) is 0 Å². The van der Waals surface area contributed by atoms with Gasteiger partial charge in [0.15, 0.2) is 0 Å². The van der Waals surface area contributed by atoms with Crippen LogP contribution in [0.5, 0.6) is 0 Å². The Hall–Kier alpha value is -3.03. The molecule has 0 radical (unpaired) electrons. The van der Waals surface area contributed by atoms with Crippen LogP contribution < -0.4 is 5.32 Å². The van der Waals surface area contributed by atoms with Gasteiger partial charge in [0.1, 0.15) is 0 Å². The predicted molar refractivity (Wildman–Crippen MR) is 130 cm³/mol. The summed E-state index contributed by atoms with van der Waals surface area (Å²) in [6, 6.07) is 12.1. The minimum Gasteiger partial charge on any atom is -0.387 e. The van der Waals surface area contributed by atoms with E-state index in [1.54, 1.807) is 17.3 Å². The van der Waals surface area contributed by atoms with Gasteiger partial charge in [0.05, 0.1) is 18.3 Å². The number of aromatic nitrogens is 3. The zero-order chi connectivity index (χ0) is 23.5. The molecule has 0 saturated carbocycles. The monoisotopic (exact) mass is 459 g/mol. The summed E-state index contributed by atoms with van der Waals surface area (Å²) in [6.45, 7) is 0.527. The average Bonchev–Trinajstić information content (AvgIpc) is 3.51. The van der Waals surface area contributed by atoms with E-state index < -0.39 is 6.10 Å². The molecule has 1 fully saturated rings. The second-order valence-corrected chi connectivity index (χ2v) is 9.68. The summed E-state index contributed by atoms with van der Waals surface area (Å²) < 4.78 is 0. The van der Waals surface area contributed by atoms with Crippen LogP contribution in [0.4, 0.5) is 0 Å². The quantitative estimate of drug-likeness (QED) is 0.504. The van der Waals surface area contributed by atoms with Crippen LogP contribution in [-0.2, 0) is 25.8 Å². The lowest BCUT2D eigenvalue weighted by atomic mass is 9.96. The van der Waals surface area contributed by atoms with Gasteiger partial charge >= 0.3 is 0 Å². The van der Waals surface area contributed by atoms with Gasteiger partial charge in [0, 0.05) is 48.3 Å². The molecule has 7 heteroatoms. The highest BCUT2D eigenvalue weighted by Gasteiger charge is 2.30. The molecule has 34 heavy (non-hydrogen) atoms. The normalized spacial score (nSPS) is 20.6. The van der Waals surface area contributed by atoms with Crippen molar-refractivity contribution in [3.8, 4) is 0 Å². The van der Waals surface area contributed by atoms with Crippen LogP contribution in [0.1, 0.15) is 70.2 Å². The maximum atomic E-state index is 13.0. The molecule has 178 valence electrons. The number of pyridine rings is 1. The van der Waals surface area contributed by atoms with Crippen LogP contribution in [0.25, 0.3) is 0 Å². The first-order valence-corrected chi connectivity index (χ1v) is 12.3. The van der Waals surface area contributed by atoms with Gasteiger partial charge in [-0.3, -0.25) is 14.9 Å². The van der Waals surface area contributed by atoms with Gasteiger partial charge in [-0.2, -0.15) is 5.10 Å². The van der Waals surface area contributed by atoms with Gasteiger partial charge in [-0.25, -0.2) is 0 Å². The molecule has 1 aliphatic carbocycles. The summed E-state index contributed by atoms with van der Waals surface area (Å²) in [5.41, 5.74) is 6.27. The molecule has 1 saturated heterocycles. The second kappa shape index (κ2) is 10.1. The van der Waals surface area contributed by atoms with E-state index in [0.717, 1.165) is 43.4 Å². The van der Waals surface area contributed by atoms with Crippen LogP contribution in [-0.4, -0.2) is 50.2 Å². The number of carbonyl (C=O) groups is 1. The molecule has 2 aromatic heterocycles. The Labute approximate surface area is 200 Å². The van der Waals surface area contributed by atoms with Crippen molar-refractivity contribution in [1.82, 2.24) is 25.4 Å². The number of aryl methyl sites for hydroxylation is 1. The highest BCUT2D eigenvalue weighted by atomic mass is 16.3. The van der Waals surface area contributed by atoms with Crippen molar-refractivity contribution in [2.24, 2.45) is 0 Å². The molecular formula is C27H33N5O2. The Balaban J connectivity index is 1.15. The van der Waals surface area contributed by atoms with Crippen molar-refractivity contribution in [3.63, 3.8) is 0 Å². The van der Waals surface area contributed by atoms with Crippen molar-refractivity contribution in [3.05, 3.63) is 82.4 Å². The number of carbonyl (C=O) groups excluding carboxylic acids is 1. The van der Waals surface area contributed by atoms with Crippen LogP contribution in [0, 0.1) is 0 Å². The summed E-state index contributed by atoms with van der Waals surface area (Å²) in [4.78, 5) is 18.9. The first kappa shape index (κ1) is 22.7. The Morgan fingerprint density at radius 2 is 2.00 bits per heavy atom. The fraction of sp³-hybridized carbons (Fsp3) is 0.444. The molecule has 1 amide bonds. The van der Waals surface area contributed by atoms with Crippen molar-refractivity contribution >= 4 is 5.91 Å². The lowest BCUT2D eigenvalue weighted by Crippen LogP contribution is -2.35. The molecule has 3 N–H and O–H groups in total. The molecule has 1 aromatic carbocycles. The van der Waals surface area contributed by atoms with Crippen LogP contribution >= 0.6 is 0 Å². The topological polar surface area (TPSA) is 94.1 Å². The van der Waals surface area contributed by atoms with Gasteiger partial charge < -0.3 is 15.3 Å². The first-order chi connectivity index (χ1) is 16.6. The van der Waals surface area contributed by atoms with Gasteiger partial charge in [0.2, 0.25) is 0 Å². The fourth-order valence-corrected chi connectivity index (χ4v) is 5.31. The van der Waals surface area contributed by atoms with E-state index in [9.17, 15) is 9.90 Å². The lowest BCUT2D eigenvalue weighted by molar-refractivity contribution is 0.0783. The Morgan fingerprint density at radius 1 is 1.18 bits per heavy atom. The molecule has 3 atom stereocenters. The number of amides is 1. The van der Waals surface area contributed by atoms with Gasteiger partial charge in [0.25, 0.3) is 5.91 Å². The SMILES string of the molecule is CN(Cc1n[nH]c2c1CCCC2)C(=O)c1ccc(C[C@@H]2CC[C@H](C(O)c3cccnc3)N2)cc1. The maximum Gasteiger partial charge on any atom is 0.253 e. The minimum absolute atomic E-state index is 0.0118. The molecule has 0 spiro atoms. The number of H-pyrrole nitrogens is 1. The molecule has 5 rings (SSSR count). The smallest absolute Gasteiger partial charge is 0.253 e. The third-order valence-electron chi connectivity index (χ3n) is 7.24. The lowest BCUT2D eigenvalue weighted by Gasteiger charge is -2.20. The minimum atomic E-state index is -0.547. The number of benzene rings is 1. The van der Waals surface area contributed by atoms with E-state index in [2.05, 4.69) is 20.5 Å². The second-order valence-electron chi connectivity index (χ2n) is 9.68. The third kappa shape index (κ3) is 4.91. The molecule has 3 aromatic rings. The number of nitrogens with one attached hydrogen (secondary N) is 2. The van der Waals surface area contributed by atoms with Crippen molar-refractivity contribution < 1.29 is 9.90 Å². The third-order valence-corrected chi connectivity index (χ3v) is 7.24. The van der Waals surface area contributed by atoms with Crippen LogP contribution in [0.3, 0.4) is 0 Å². The van der Waals surface area contributed by atoms with Crippen molar-refractivity contribution in [1.29, 1.82) is 0 Å². The molecule has 1 aliphatic heterocycles. The van der Waals surface area contributed by atoms with Gasteiger partial charge in [-0.1, -0.05) is 18.2 Å². The summed E-state index contributed by atoms with van der Waals surface area (Å²) in [5, 5.41) is 21.9. The molecule has 1 unspecified atom stereocenters. The van der Waals surface area contributed by atoms with E-state index in [1.165, 1.54) is 29.7 Å². The van der Waals surface area contributed by atoms with Crippen molar-refractivity contribution in [2.45, 2.75) is 69.7 Å². The summed E-state index contributed by atoms with van der Waals surface area (Å²) in [6.07, 6.45) is 10.2. The molecule has 3 heterocycles. The van der Waals surface area contributed by atoms with E-state index in [0.29, 0.717) is 18.2 Å². The Bertz CT molecular complexity index is 1110. The van der Waals surface area contributed by atoms with Crippen LogP contribution in [0.15, 0.2) is 48.8 Å². The van der Waals surface area contributed by atoms with Gasteiger partial charge in [-0.15, -0.1) is 0 Å². The van der Waals surface area contributed by atoms with E-state index in [-0.39, 0.29) is 11.9 Å². The molecule has 0 bridgehead atoms. The predicted octanol–water partition coefficient (Wildman–Crippen LogP) is 3.35. The van der Waals surface area contributed by atoms with E-state index >= 15 is 0 Å². The number of aliphatic hydroxyl groups excluding tert-OH is 1. The molecule has 2 aliphatic rings. The van der Waals surface area contributed by atoms with E-state index in [1.807, 2.05) is 43.4 Å². The largest absolute Gasteiger partial charge is 0.387 e. The zero-order valence-electron chi connectivity index (χ0n) is 19.7. The highest BCUT2D eigenvalue weighted by molar-refractivity contribution is 5.94. The average molecular weight is 460 g/mol. The fourth-order valence-electron chi connectivity index (χ4n) is 5.31. The summed E-state index contributed by atoms with van der Waals surface area (Å²) in [7, 11) is 1.84. The zero-order valence-corrected chi connectivity index (χ0v) is 19.7.